The van der Waals surface area contributed by atoms with Gasteiger partial charge >= 0.3 is 0 Å². The number of fused-ring (bicyclic) bond motifs is 1. The maximum atomic E-state index is 14.0. The Kier molecular flexibility index (Phi) is 6.09. The number of ether oxygens (including phenoxy) is 2. The summed E-state index contributed by atoms with van der Waals surface area (Å²) in [5.74, 6) is 0.609. The Hall–Kier alpha value is -2.02. The van der Waals surface area contributed by atoms with E-state index in [1.807, 2.05) is 18.2 Å². The van der Waals surface area contributed by atoms with Crippen molar-refractivity contribution in [2.45, 2.75) is 6.54 Å². The van der Waals surface area contributed by atoms with Crippen molar-refractivity contribution in [1.29, 1.82) is 0 Å². The average molecular weight is 413 g/mol. The Morgan fingerprint density at radius 1 is 1.07 bits per heavy atom. The van der Waals surface area contributed by atoms with Gasteiger partial charge in [-0.3, -0.25) is 9.69 Å². The molecule has 0 N–H and O–H groups in total. The number of hydrogen-bond acceptors (Lipinski definition) is 4. The van der Waals surface area contributed by atoms with E-state index in [-0.39, 0.29) is 35.7 Å². The summed E-state index contributed by atoms with van der Waals surface area (Å²) in [4.78, 5) is 16.5. The quantitative estimate of drug-likeness (QED) is 0.772. The van der Waals surface area contributed by atoms with Gasteiger partial charge < -0.3 is 14.4 Å². The molecule has 2 aromatic rings. The number of halogens is 3. The topological polar surface area (TPSA) is 42.0 Å². The van der Waals surface area contributed by atoms with E-state index in [1.165, 1.54) is 18.2 Å². The highest BCUT2D eigenvalue weighted by atomic mass is 35.5. The summed E-state index contributed by atoms with van der Waals surface area (Å²) in [5, 5.41) is 0.151. The van der Waals surface area contributed by atoms with Crippen LogP contribution in [0.15, 0.2) is 36.4 Å². The van der Waals surface area contributed by atoms with Gasteiger partial charge in [0.05, 0.1) is 10.6 Å². The molecular formula is C19H19Cl2FN2O3. The molecule has 1 amide bonds. The number of benzene rings is 2. The van der Waals surface area contributed by atoms with E-state index in [4.69, 9.17) is 21.1 Å². The molecule has 2 aliphatic heterocycles. The van der Waals surface area contributed by atoms with Crippen LogP contribution in [-0.4, -0.2) is 48.7 Å². The van der Waals surface area contributed by atoms with Crippen LogP contribution in [0.4, 0.5) is 4.39 Å². The molecular weight excluding hydrogens is 394 g/mol. The number of nitrogens with zero attached hydrogens (tertiary/aromatic N) is 2. The molecule has 1 saturated heterocycles. The molecule has 8 heteroatoms. The highest BCUT2D eigenvalue weighted by Crippen LogP contribution is 2.33. The Morgan fingerprint density at radius 3 is 2.56 bits per heavy atom. The molecule has 0 radical (unpaired) electrons. The number of amides is 1. The van der Waals surface area contributed by atoms with Crippen LogP contribution < -0.4 is 9.47 Å². The van der Waals surface area contributed by atoms with E-state index in [1.54, 1.807) is 4.90 Å². The molecule has 0 unspecified atom stereocenters. The normalized spacial score (nSPS) is 16.1. The molecule has 27 heavy (non-hydrogen) atoms. The molecule has 0 atom stereocenters. The summed E-state index contributed by atoms with van der Waals surface area (Å²) in [6.45, 7) is 3.53. The first-order chi connectivity index (χ1) is 12.6. The molecule has 0 spiro atoms. The summed E-state index contributed by atoms with van der Waals surface area (Å²) in [6, 6.07) is 10.2. The van der Waals surface area contributed by atoms with E-state index >= 15 is 0 Å². The van der Waals surface area contributed by atoms with Gasteiger partial charge in [0, 0.05) is 32.7 Å². The highest BCUT2D eigenvalue weighted by molar-refractivity contribution is 6.33. The molecule has 0 aliphatic carbocycles. The van der Waals surface area contributed by atoms with Crippen molar-refractivity contribution in [2.75, 3.05) is 33.0 Å². The van der Waals surface area contributed by atoms with Crippen LogP contribution in [0.1, 0.15) is 15.9 Å². The predicted molar refractivity (Wildman–Crippen MR) is 102 cm³/mol. The Bertz CT molecular complexity index is 821. The van der Waals surface area contributed by atoms with Crippen molar-refractivity contribution >= 4 is 29.9 Å². The van der Waals surface area contributed by atoms with Crippen molar-refractivity contribution in [1.82, 2.24) is 9.80 Å². The van der Waals surface area contributed by atoms with Gasteiger partial charge in [0.2, 0.25) is 6.79 Å². The van der Waals surface area contributed by atoms with Crippen molar-refractivity contribution < 1.29 is 18.7 Å². The van der Waals surface area contributed by atoms with Gasteiger partial charge in [0.15, 0.2) is 11.5 Å². The first-order valence-corrected chi connectivity index (χ1v) is 8.84. The molecule has 144 valence electrons. The fourth-order valence-corrected chi connectivity index (χ4v) is 3.51. The van der Waals surface area contributed by atoms with Crippen LogP contribution in [0, 0.1) is 5.82 Å². The SMILES string of the molecule is Cl.O=C(c1c(F)cccc1Cl)N1CCN(Cc2ccc3c(c2)OCO3)CC1. The van der Waals surface area contributed by atoms with E-state index in [0.29, 0.717) is 26.2 Å². The van der Waals surface area contributed by atoms with E-state index < -0.39 is 5.82 Å². The lowest BCUT2D eigenvalue weighted by Crippen LogP contribution is -2.48. The molecule has 2 heterocycles. The third-order valence-electron chi connectivity index (χ3n) is 4.68. The smallest absolute Gasteiger partial charge is 0.258 e. The van der Waals surface area contributed by atoms with Crippen LogP contribution in [0.5, 0.6) is 11.5 Å². The number of piperazine rings is 1. The van der Waals surface area contributed by atoms with E-state index in [9.17, 15) is 9.18 Å². The fourth-order valence-electron chi connectivity index (χ4n) is 3.27. The monoisotopic (exact) mass is 412 g/mol. The molecule has 0 bridgehead atoms. The van der Waals surface area contributed by atoms with Gasteiger partial charge in [0.25, 0.3) is 5.91 Å². The zero-order valence-corrected chi connectivity index (χ0v) is 16.1. The summed E-state index contributed by atoms with van der Waals surface area (Å²) >= 11 is 6.01. The zero-order valence-electron chi connectivity index (χ0n) is 14.5. The van der Waals surface area contributed by atoms with Crippen molar-refractivity contribution in [3.63, 3.8) is 0 Å². The minimum atomic E-state index is -0.578. The van der Waals surface area contributed by atoms with Crippen LogP contribution in [0.25, 0.3) is 0 Å². The fraction of sp³-hybridized carbons (Fsp3) is 0.316. The average Bonchev–Trinajstić information content (AvgIpc) is 3.10. The van der Waals surface area contributed by atoms with Crippen molar-refractivity contribution in [3.8, 4) is 11.5 Å². The summed E-state index contributed by atoms with van der Waals surface area (Å²) in [6.07, 6.45) is 0. The van der Waals surface area contributed by atoms with Gasteiger partial charge in [-0.1, -0.05) is 23.7 Å². The van der Waals surface area contributed by atoms with Gasteiger partial charge in [0.1, 0.15) is 5.82 Å². The predicted octanol–water partition coefficient (Wildman–Crippen LogP) is 3.59. The zero-order chi connectivity index (χ0) is 18.1. The summed E-state index contributed by atoms with van der Waals surface area (Å²) in [5.41, 5.74) is 1.09. The van der Waals surface area contributed by atoms with Gasteiger partial charge in [-0.2, -0.15) is 0 Å². The number of hydrogen-bond donors (Lipinski definition) is 0. The molecule has 0 saturated carbocycles. The Balaban J connectivity index is 0.00000210. The molecule has 2 aromatic carbocycles. The van der Waals surface area contributed by atoms with Crippen molar-refractivity contribution in [2.24, 2.45) is 0 Å². The second-order valence-corrected chi connectivity index (χ2v) is 6.76. The Morgan fingerprint density at radius 2 is 1.81 bits per heavy atom. The number of carbonyl (C=O) groups is 1. The summed E-state index contributed by atoms with van der Waals surface area (Å²) in [7, 11) is 0. The van der Waals surface area contributed by atoms with Crippen molar-refractivity contribution in [3.05, 3.63) is 58.4 Å². The van der Waals surface area contributed by atoms with Gasteiger partial charge in [-0.25, -0.2) is 4.39 Å². The minimum absolute atomic E-state index is 0. The standard InChI is InChI=1S/C19H18ClFN2O3.ClH/c20-14-2-1-3-15(21)18(14)19(24)23-8-6-22(7-9-23)11-13-4-5-16-17(10-13)26-12-25-16;/h1-5,10H,6-9,11-12H2;1H. The lowest BCUT2D eigenvalue weighted by Gasteiger charge is -2.35. The third-order valence-corrected chi connectivity index (χ3v) is 4.99. The van der Waals surface area contributed by atoms with Crippen LogP contribution in [0.3, 0.4) is 0 Å². The highest BCUT2D eigenvalue weighted by Gasteiger charge is 2.26. The first-order valence-electron chi connectivity index (χ1n) is 8.46. The second-order valence-electron chi connectivity index (χ2n) is 6.35. The summed E-state index contributed by atoms with van der Waals surface area (Å²) < 4.78 is 24.7. The molecule has 2 aliphatic rings. The van der Waals surface area contributed by atoms with E-state index in [2.05, 4.69) is 4.90 Å². The maximum absolute atomic E-state index is 14.0. The second kappa shape index (κ2) is 8.33. The minimum Gasteiger partial charge on any atom is -0.454 e. The molecule has 4 rings (SSSR count). The molecule has 5 nitrogen and oxygen atoms in total. The number of rotatable bonds is 3. The van der Waals surface area contributed by atoms with Crippen LogP contribution in [-0.2, 0) is 6.54 Å². The molecule has 0 aromatic heterocycles. The van der Waals surface area contributed by atoms with Gasteiger partial charge in [-0.15, -0.1) is 12.4 Å². The third kappa shape index (κ3) is 4.13. The Labute approximate surface area is 168 Å². The first kappa shape index (κ1) is 19.7. The van der Waals surface area contributed by atoms with Crippen LogP contribution in [0.2, 0.25) is 5.02 Å². The lowest BCUT2D eigenvalue weighted by molar-refractivity contribution is 0.0624. The van der Waals surface area contributed by atoms with Crippen LogP contribution >= 0.6 is 24.0 Å². The lowest BCUT2D eigenvalue weighted by atomic mass is 10.1. The largest absolute Gasteiger partial charge is 0.454 e. The van der Waals surface area contributed by atoms with E-state index in [0.717, 1.165) is 23.6 Å². The maximum Gasteiger partial charge on any atom is 0.258 e. The molecule has 1 fully saturated rings. The number of carbonyl (C=O) groups excluding carboxylic acids is 1. The van der Waals surface area contributed by atoms with Gasteiger partial charge in [-0.05, 0) is 29.8 Å².